The van der Waals surface area contributed by atoms with Crippen LogP contribution >= 0.6 is 0 Å². The molecule has 3 rings (SSSR count). The van der Waals surface area contributed by atoms with Crippen LogP contribution in [0.2, 0.25) is 0 Å². The molecule has 0 bridgehead atoms. The predicted molar refractivity (Wildman–Crippen MR) is 142 cm³/mol. The van der Waals surface area contributed by atoms with Crippen molar-refractivity contribution in [3.8, 4) is 0 Å². The molecule has 1 aromatic heterocycles. The Bertz CT molecular complexity index is 909. The van der Waals surface area contributed by atoms with E-state index in [0.717, 1.165) is 17.9 Å². The van der Waals surface area contributed by atoms with Crippen LogP contribution in [0, 0.1) is 0 Å². The van der Waals surface area contributed by atoms with Crippen molar-refractivity contribution in [3.63, 3.8) is 0 Å². The molecule has 33 heavy (non-hydrogen) atoms. The molecule has 2 aromatic carbocycles. The van der Waals surface area contributed by atoms with Gasteiger partial charge in [0.2, 0.25) is 0 Å². The number of anilines is 2. The van der Waals surface area contributed by atoms with Crippen LogP contribution in [0.1, 0.15) is 113 Å². The van der Waals surface area contributed by atoms with E-state index in [-0.39, 0.29) is 0 Å². The Morgan fingerprint density at radius 2 is 1.03 bits per heavy atom. The summed E-state index contributed by atoms with van der Waals surface area (Å²) in [6.07, 6.45) is 0. The summed E-state index contributed by atoms with van der Waals surface area (Å²) in [5.74, 6) is 1.90. The zero-order chi connectivity index (χ0) is 24.1. The normalized spacial score (nSPS) is 11.8. The van der Waals surface area contributed by atoms with Crippen molar-refractivity contribution in [1.29, 1.82) is 0 Å². The van der Waals surface area contributed by atoms with Gasteiger partial charge in [-0.15, -0.1) is 0 Å². The van der Waals surface area contributed by atoms with Gasteiger partial charge >= 0.3 is 0 Å². The summed E-state index contributed by atoms with van der Waals surface area (Å²) < 4.78 is 0. The Kier molecular flexibility index (Phi) is 8.23. The lowest BCUT2D eigenvalue weighted by Gasteiger charge is -2.20. The van der Waals surface area contributed by atoms with E-state index in [9.17, 15) is 0 Å². The van der Waals surface area contributed by atoms with Crippen molar-refractivity contribution >= 4 is 11.4 Å². The van der Waals surface area contributed by atoms with Crippen LogP contribution in [-0.4, -0.2) is 10.2 Å². The molecule has 0 amide bonds. The lowest BCUT2D eigenvalue weighted by atomic mass is 9.92. The number of aromatic amines is 1. The van der Waals surface area contributed by atoms with Gasteiger partial charge in [0.05, 0.1) is 24.5 Å². The summed E-state index contributed by atoms with van der Waals surface area (Å²) in [6.45, 7) is 19.5. The first-order valence-corrected chi connectivity index (χ1v) is 12.5. The molecule has 0 aliphatic rings. The number of hydrogen-bond donors (Lipinski definition) is 3. The number of aromatic nitrogens is 2. The summed E-state index contributed by atoms with van der Waals surface area (Å²) >= 11 is 0. The summed E-state index contributed by atoms with van der Waals surface area (Å²) in [4.78, 5) is 0. The SMILES string of the molecule is CC(C)c1cccc(C(C)C)c1NCc1cc(CNc2c(C(C)C)cccc2C(C)C)[nH]n1. The number of H-pyrrole nitrogens is 1. The molecule has 0 saturated heterocycles. The molecule has 3 N–H and O–H groups in total. The van der Waals surface area contributed by atoms with E-state index in [1.165, 1.54) is 33.6 Å². The first kappa shape index (κ1) is 24.9. The van der Waals surface area contributed by atoms with E-state index in [1.54, 1.807) is 0 Å². The molecule has 0 aliphatic carbocycles. The molecule has 0 atom stereocenters. The highest BCUT2D eigenvalue weighted by Gasteiger charge is 2.15. The maximum Gasteiger partial charge on any atom is 0.0816 e. The average molecular weight is 447 g/mol. The van der Waals surface area contributed by atoms with E-state index in [2.05, 4.69) is 119 Å². The second-order valence-electron chi connectivity index (χ2n) is 10.3. The average Bonchev–Trinajstić information content (AvgIpc) is 3.23. The van der Waals surface area contributed by atoms with Gasteiger partial charge in [-0.2, -0.15) is 5.10 Å². The molecular formula is C29H42N4. The summed E-state index contributed by atoms with van der Waals surface area (Å²) in [5.41, 5.74) is 10.1. The highest BCUT2D eigenvalue weighted by Crippen LogP contribution is 2.34. The van der Waals surface area contributed by atoms with E-state index < -0.39 is 0 Å². The van der Waals surface area contributed by atoms with Crippen LogP contribution in [0.4, 0.5) is 11.4 Å². The molecule has 0 unspecified atom stereocenters. The molecule has 0 radical (unpaired) electrons. The summed E-state index contributed by atoms with van der Waals surface area (Å²) in [5, 5.41) is 15.2. The van der Waals surface area contributed by atoms with Gasteiger partial charge in [0, 0.05) is 11.4 Å². The van der Waals surface area contributed by atoms with Crippen molar-refractivity contribution in [2.75, 3.05) is 10.6 Å². The first-order valence-electron chi connectivity index (χ1n) is 12.5. The molecule has 0 aliphatic heterocycles. The third-order valence-corrected chi connectivity index (χ3v) is 6.33. The van der Waals surface area contributed by atoms with E-state index >= 15 is 0 Å². The number of benzene rings is 2. The monoisotopic (exact) mass is 446 g/mol. The molecule has 178 valence electrons. The van der Waals surface area contributed by atoms with Crippen LogP contribution in [0.5, 0.6) is 0 Å². The molecule has 1 heterocycles. The highest BCUT2D eigenvalue weighted by atomic mass is 15.1. The van der Waals surface area contributed by atoms with Gasteiger partial charge in [-0.3, -0.25) is 5.10 Å². The third-order valence-electron chi connectivity index (χ3n) is 6.33. The summed E-state index contributed by atoms with van der Waals surface area (Å²) in [7, 11) is 0. The van der Waals surface area contributed by atoms with Crippen LogP contribution in [-0.2, 0) is 13.1 Å². The first-order chi connectivity index (χ1) is 15.7. The van der Waals surface area contributed by atoms with Crippen LogP contribution in [0.3, 0.4) is 0 Å². The van der Waals surface area contributed by atoms with Crippen molar-refractivity contribution in [2.24, 2.45) is 0 Å². The fraction of sp³-hybridized carbons (Fsp3) is 0.483. The number of rotatable bonds is 10. The highest BCUT2D eigenvalue weighted by molar-refractivity contribution is 5.61. The third kappa shape index (κ3) is 5.98. The largest absolute Gasteiger partial charge is 0.379 e. The van der Waals surface area contributed by atoms with Crippen molar-refractivity contribution in [1.82, 2.24) is 10.2 Å². The summed E-state index contributed by atoms with van der Waals surface area (Å²) in [6, 6.07) is 15.5. The lowest BCUT2D eigenvalue weighted by Crippen LogP contribution is -2.08. The minimum Gasteiger partial charge on any atom is -0.379 e. The van der Waals surface area contributed by atoms with Gasteiger partial charge in [0.1, 0.15) is 0 Å². The lowest BCUT2D eigenvalue weighted by molar-refractivity contribution is 0.829. The maximum atomic E-state index is 4.58. The topological polar surface area (TPSA) is 52.7 Å². The Morgan fingerprint density at radius 3 is 1.42 bits per heavy atom. The van der Waals surface area contributed by atoms with Crippen LogP contribution < -0.4 is 10.6 Å². The molecule has 3 aromatic rings. The molecule has 0 fully saturated rings. The van der Waals surface area contributed by atoms with Gasteiger partial charge in [-0.05, 0) is 52.0 Å². The minimum atomic E-state index is 0.473. The Labute approximate surface area is 200 Å². The van der Waals surface area contributed by atoms with Gasteiger partial charge in [0.25, 0.3) is 0 Å². The van der Waals surface area contributed by atoms with Crippen molar-refractivity contribution < 1.29 is 0 Å². The molecular weight excluding hydrogens is 404 g/mol. The van der Waals surface area contributed by atoms with Gasteiger partial charge in [-0.25, -0.2) is 0 Å². The number of para-hydroxylation sites is 2. The molecule has 4 heteroatoms. The van der Waals surface area contributed by atoms with E-state index in [1.807, 2.05) is 0 Å². The predicted octanol–water partition coefficient (Wildman–Crippen LogP) is 8.13. The van der Waals surface area contributed by atoms with Gasteiger partial charge in [0.15, 0.2) is 0 Å². The zero-order valence-corrected chi connectivity index (χ0v) is 21.7. The van der Waals surface area contributed by atoms with E-state index in [4.69, 9.17) is 0 Å². The van der Waals surface area contributed by atoms with E-state index in [0.29, 0.717) is 30.2 Å². The van der Waals surface area contributed by atoms with Gasteiger partial charge in [-0.1, -0.05) is 91.8 Å². The molecule has 0 saturated carbocycles. The zero-order valence-electron chi connectivity index (χ0n) is 21.7. The minimum absolute atomic E-state index is 0.473. The number of nitrogens with one attached hydrogen (secondary N) is 3. The number of nitrogens with zero attached hydrogens (tertiary/aromatic N) is 1. The molecule has 0 spiro atoms. The Morgan fingerprint density at radius 1 is 0.636 bits per heavy atom. The van der Waals surface area contributed by atoms with Crippen molar-refractivity contribution in [2.45, 2.75) is 92.2 Å². The standard InChI is InChI=1S/C29H42N4/c1-18(2)24-11-9-12-25(19(3)4)28(24)30-16-22-15-23(33-32-22)17-31-29-26(20(5)6)13-10-14-27(29)21(7)8/h9-15,18-21,30-31H,16-17H2,1-8H3,(H,32,33). The second kappa shape index (κ2) is 10.9. The smallest absolute Gasteiger partial charge is 0.0816 e. The number of hydrogen-bond acceptors (Lipinski definition) is 3. The van der Waals surface area contributed by atoms with Gasteiger partial charge < -0.3 is 10.6 Å². The van der Waals surface area contributed by atoms with Crippen LogP contribution in [0.15, 0.2) is 42.5 Å². The fourth-order valence-corrected chi connectivity index (χ4v) is 4.46. The van der Waals surface area contributed by atoms with Crippen molar-refractivity contribution in [3.05, 3.63) is 76.1 Å². The second-order valence-corrected chi connectivity index (χ2v) is 10.3. The Balaban J connectivity index is 1.73. The molecule has 4 nitrogen and oxygen atoms in total. The fourth-order valence-electron chi connectivity index (χ4n) is 4.46. The van der Waals surface area contributed by atoms with Crippen LogP contribution in [0.25, 0.3) is 0 Å². The Hall–Kier alpha value is -2.75. The maximum absolute atomic E-state index is 4.58. The quantitative estimate of drug-likeness (QED) is 0.295.